The summed E-state index contributed by atoms with van der Waals surface area (Å²) >= 11 is 4.84. The molecule has 1 aliphatic carbocycles. The van der Waals surface area contributed by atoms with Gasteiger partial charge < -0.3 is 10.2 Å². The zero-order valence-corrected chi connectivity index (χ0v) is 19.4. The third-order valence-electron chi connectivity index (χ3n) is 5.14. The van der Waals surface area contributed by atoms with E-state index in [2.05, 4.69) is 15.9 Å². The molecule has 31 heavy (non-hydrogen) atoms. The Labute approximate surface area is 192 Å². The third kappa shape index (κ3) is 3.74. The Morgan fingerprint density at radius 2 is 1.74 bits per heavy atom. The molecule has 0 fully saturated rings. The number of allylic oxidation sites excluding steroid dienone is 2. The Balaban J connectivity index is 2.44. The zero-order valence-electron chi connectivity index (χ0n) is 16.2. The first-order valence-electron chi connectivity index (χ1n) is 8.77. The van der Waals surface area contributed by atoms with Gasteiger partial charge in [0.05, 0.1) is 11.0 Å². The van der Waals surface area contributed by atoms with Gasteiger partial charge in [0.1, 0.15) is 9.62 Å². The molecular formula is C21H16BrF3O4S2. The lowest BCUT2D eigenvalue weighted by atomic mass is 9.69. The maximum absolute atomic E-state index is 13.9. The van der Waals surface area contributed by atoms with Gasteiger partial charge in [0.2, 0.25) is 0 Å². The second kappa shape index (κ2) is 8.14. The molecule has 0 radical (unpaired) electrons. The van der Waals surface area contributed by atoms with Gasteiger partial charge in [-0.25, -0.2) is 9.59 Å². The van der Waals surface area contributed by atoms with Crippen molar-refractivity contribution in [3.63, 3.8) is 0 Å². The van der Waals surface area contributed by atoms with Crippen LogP contribution < -0.4 is 0 Å². The molecule has 164 valence electrons. The SMILES string of the molecule is CSC1(C(F)(F)F)C=CC(c2ccccc2C(=O)O)(c2cc(C)sc2C(=O)O)C(Br)=C1. The minimum Gasteiger partial charge on any atom is -0.478 e. The van der Waals surface area contributed by atoms with Crippen LogP contribution in [0.5, 0.6) is 0 Å². The first-order chi connectivity index (χ1) is 14.4. The number of thiophene rings is 1. The Morgan fingerprint density at radius 3 is 2.26 bits per heavy atom. The normalized spacial score (nSPS) is 23.5. The van der Waals surface area contributed by atoms with E-state index < -0.39 is 28.3 Å². The molecule has 2 aromatic rings. The van der Waals surface area contributed by atoms with Crippen molar-refractivity contribution < 1.29 is 33.0 Å². The second-order valence-electron chi connectivity index (χ2n) is 6.88. The Morgan fingerprint density at radius 1 is 1.10 bits per heavy atom. The van der Waals surface area contributed by atoms with E-state index in [1.807, 2.05) is 0 Å². The van der Waals surface area contributed by atoms with E-state index in [0.29, 0.717) is 16.6 Å². The molecule has 0 saturated carbocycles. The van der Waals surface area contributed by atoms with Crippen LogP contribution in [0, 0.1) is 6.92 Å². The molecule has 1 heterocycles. The van der Waals surface area contributed by atoms with Crippen molar-refractivity contribution >= 4 is 51.0 Å². The summed E-state index contributed by atoms with van der Waals surface area (Å²) in [6.45, 7) is 1.68. The number of carboxylic acid groups (broad SMARTS) is 2. The van der Waals surface area contributed by atoms with Crippen molar-refractivity contribution in [1.82, 2.24) is 0 Å². The van der Waals surface area contributed by atoms with Crippen molar-refractivity contribution in [3.05, 3.63) is 79.5 Å². The van der Waals surface area contributed by atoms with Crippen molar-refractivity contribution in [2.24, 2.45) is 0 Å². The van der Waals surface area contributed by atoms with Gasteiger partial charge in [-0.15, -0.1) is 23.1 Å². The van der Waals surface area contributed by atoms with Gasteiger partial charge in [-0.1, -0.05) is 46.3 Å². The average Bonchev–Trinajstić information content (AvgIpc) is 3.09. The molecule has 1 aromatic carbocycles. The second-order valence-corrected chi connectivity index (χ2v) is 10.1. The Kier molecular flexibility index (Phi) is 6.20. The molecule has 0 saturated heterocycles. The number of thioether (sulfide) groups is 1. The molecule has 1 aromatic heterocycles. The Bertz CT molecular complexity index is 1120. The summed E-state index contributed by atoms with van der Waals surface area (Å²) in [7, 11) is 0. The first kappa shape index (κ1) is 23.6. The average molecular weight is 533 g/mol. The van der Waals surface area contributed by atoms with Crippen molar-refractivity contribution in [2.45, 2.75) is 23.3 Å². The summed E-state index contributed by atoms with van der Waals surface area (Å²) in [6.07, 6.45) is -0.0871. The van der Waals surface area contributed by atoms with E-state index in [1.165, 1.54) is 30.5 Å². The van der Waals surface area contributed by atoms with Gasteiger partial charge >= 0.3 is 18.1 Å². The maximum atomic E-state index is 13.9. The lowest BCUT2D eigenvalue weighted by Crippen LogP contribution is -2.43. The van der Waals surface area contributed by atoms with Crippen LogP contribution in [0.3, 0.4) is 0 Å². The van der Waals surface area contributed by atoms with Crippen LogP contribution in [-0.2, 0) is 5.41 Å². The molecule has 4 nitrogen and oxygen atoms in total. The Hall–Kier alpha value is -2.04. The lowest BCUT2D eigenvalue weighted by Gasteiger charge is -2.40. The highest BCUT2D eigenvalue weighted by Crippen LogP contribution is 2.55. The highest BCUT2D eigenvalue weighted by molar-refractivity contribution is 9.11. The van der Waals surface area contributed by atoms with Crippen LogP contribution in [0.4, 0.5) is 13.2 Å². The number of hydrogen-bond donors (Lipinski definition) is 2. The molecule has 0 spiro atoms. The van der Waals surface area contributed by atoms with E-state index in [4.69, 9.17) is 0 Å². The first-order valence-corrected chi connectivity index (χ1v) is 11.6. The summed E-state index contributed by atoms with van der Waals surface area (Å²) in [5.41, 5.74) is -1.33. The predicted molar refractivity (Wildman–Crippen MR) is 119 cm³/mol. The third-order valence-corrected chi connectivity index (χ3v) is 8.19. The van der Waals surface area contributed by atoms with Crippen LogP contribution >= 0.6 is 39.0 Å². The molecule has 1 aliphatic rings. The number of halogens is 4. The van der Waals surface area contributed by atoms with Gasteiger partial charge in [-0.2, -0.15) is 13.2 Å². The summed E-state index contributed by atoms with van der Waals surface area (Å²) in [5.74, 6) is -2.52. The molecule has 0 amide bonds. The van der Waals surface area contributed by atoms with Crippen LogP contribution in [-0.4, -0.2) is 39.3 Å². The molecule has 2 N–H and O–H groups in total. The molecule has 0 aliphatic heterocycles. The maximum Gasteiger partial charge on any atom is 0.410 e. The molecule has 3 rings (SSSR count). The minimum absolute atomic E-state index is 0.0168. The number of carbonyl (C=O) groups is 2. The summed E-state index contributed by atoms with van der Waals surface area (Å²) in [5, 5.41) is 19.5. The number of aromatic carboxylic acids is 2. The molecule has 10 heteroatoms. The number of hydrogen-bond acceptors (Lipinski definition) is 4. The fourth-order valence-corrected chi connectivity index (χ4v) is 6.32. The van der Waals surface area contributed by atoms with E-state index >= 15 is 0 Å². The number of benzene rings is 1. The fourth-order valence-electron chi connectivity index (χ4n) is 3.66. The summed E-state index contributed by atoms with van der Waals surface area (Å²) in [4.78, 5) is 24.5. The smallest absolute Gasteiger partial charge is 0.410 e. The molecule has 2 unspecified atom stereocenters. The van der Waals surface area contributed by atoms with Crippen molar-refractivity contribution in [1.29, 1.82) is 0 Å². The van der Waals surface area contributed by atoms with Gasteiger partial charge in [0.15, 0.2) is 0 Å². The number of alkyl halides is 3. The van der Waals surface area contributed by atoms with Crippen LogP contribution in [0.2, 0.25) is 0 Å². The van der Waals surface area contributed by atoms with E-state index in [-0.39, 0.29) is 26.0 Å². The van der Waals surface area contributed by atoms with E-state index in [0.717, 1.165) is 23.5 Å². The van der Waals surface area contributed by atoms with Gasteiger partial charge in [-0.3, -0.25) is 0 Å². The number of aryl methyl sites for hydroxylation is 1. The van der Waals surface area contributed by atoms with Crippen molar-refractivity contribution in [3.8, 4) is 0 Å². The van der Waals surface area contributed by atoms with E-state index in [9.17, 15) is 33.0 Å². The fraction of sp³-hybridized carbons (Fsp3) is 0.238. The van der Waals surface area contributed by atoms with Gasteiger partial charge in [0, 0.05) is 9.36 Å². The number of carboxylic acids is 2. The quantitative estimate of drug-likeness (QED) is 0.445. The van der Waals surface area contributed by atoms with Crippen molar-refractivity contribution in [2.75, 3.05) is 6.26 Å². The largest absolute Gasteiger partial charge is 0.478 e. The van der Waals surface area contributed by atoms with Crippen LogP contribution in [0.15, 0.2) is 53.0 Å². The molecular weight excluding hydrogens is 517 g/mol. The van der Waals surface area contributed by atoms with Crippen LogP contribution in [0.25, 0.3) is 0 Å². The predicted octanol–water partition coefficient (Wildman–Crippen LogP) is 6.25. The monoisotopic (exact) mass is 532 g/mol. The van der Waals surface area contributed by atoms with Crippen LogP contribution in [0.1, 0.15) is 36.0 Å². The molecule has 0 bridgehead atoms. The zero-order chi connectivity index (χ0) is 23.2. The van der Waals surface area contributed by atoms with Gasteiger partial charge in [0.25, 0.3) is 0 Å². The summed E-state index contributed by atoms with van der Waals surface area (Å²) in [6, 6.07) is 7.47. The van der Waals surface area contributed by atoms with Gasteiger partial charge in [-0.05, 0) is 42.5 Å². The van der Waals surface area contributed by atoms with E-state index in [1.54, 1.807) is 19.1 Å². The highest BCUT2D eigenvalue weighted by atomic mass is 79.9. The standard InChI is InChI=1S/C21H16BrF3O4S2/c1-11-9-14(16(31-11)18(28)29)20(13-6-4-3-5-12(13)17(26)27)8-7-19(30-2,10-15(20)22)21(23,24)25/h3-10H,1-2H3,(H,26,27)(H,28,29). The highest BCUT2D eigenvalue weighted by Gasteiger charge is 2.56. The topological polar surface area (TPSA) is 74.6 Å². The number of rotatable bonds is 5. The minimum atomic E-state index is -4.62. The molecule has 2 atom stereocenters. The summed E-state index contributed by atoms with van der Waals surface area (Å²) < 4.78 is 39.4. The lowest BCUT2D eigenvalue weighted by molar-refractivity contribution is -0.137.